The highest BCUT2D eigenvalue weighted by Crippen LogP contribution is 2.38. The number of hydrogen-bond acceptors (Lipinski definition) is 6. The molecule has 2 aromatic carbocycles. The van der Waals surface area contributed by atoms with E-state index in [-0.39, 0.29) is 22.8 Å². The molecule has 0 aliphatic heterocycles. The van der Waals surface area contributed by atoms with Crippen molar-refractivity contribution in [1.82, 2.24) is 5.32 Å². The van der Waals surface area contributed by atoms with Gasteiger partial charge in [0.15, 0.2) is 11.5 Å². The van der Waals surface area contributed by atoms with Gasteiger partial charge in [0.05, 0.1) is 21.3 Å². The Morgan fingerprint density at radius 1 is 1.00 bits per heavy atom. The number of rotatable bonds is 8. The zero-order chi connectivity index (χ0) is 23.3. The van der Waals surface area contributed by atoms with Gasteiger partial charge in [-0.25, -0.2) is 4.79 Å². The molecule has 166 valence electrons. The summed E-state index contributed by atoms with van der Waals surface area (Å²) in [4.78, 5) is 26.1. The van der Waals surface area contributed by atoms with Crippen LogP contribution in [-0.2, 0) is 4.79 Å². The second-order valence-corrected chi connectivity index (χ2v) is 7.94. The summed E-state index contributed by atoms with van der Waals surface area (Å²) in [5, 5.41) is 12.6. The molecule has 1 heterocycles. The van der Waals surface area contributed by atoms with Crippen LogP contribution in [0.15, 0.2) is 54.2 Å². The first kappa shape index (κ1) is 23.2. The number of carbonyl (C=O) groups excluding carboxylic acids is 1. The maximum absolute atomic E-state index is 12.8. The minimum Gasteiger partial charge on any atom is -0.493 e. The monoisotopic (exact) mass is 473 g/mol. The molecule has 0 aliphatic carbocycles. The Morgan fingerprint density at radius 2 is 1.66 bits per heavy atom. The van der Waals surface area contributed by atoms with Crippen LogP contribution in [0, 0.1) is 0 Å². The highest BCUT2D eigenvalue weighted by molar-refractivity contribution is 7.16. The molecule has 7 nitrogen and oxygen atoms in total. The molecule has 0 saturated heterocycles. The maximum atomic E-state index is 12.8. The largest absolute Gasteiger partial charge is 0.493 e. The predicted molar refractivity (Wildman–Crippen MR) is 124 cm³/mol. The minimum atomic E-state index is -1.28. The standard InChI is InChI=1S/C23H20ClNO6S/c1-29-18-10-13(11-19(30-2)21(18)31-3)22(26)25-17(23(27)28)12-14-8-9-20(32-14)15-6-4-5-7-16(15)24/h4-12H,1-3H3,(H,25,26)(H,27,28)/b17-12+. The highest BCUT2D eigenvalue weighted by atomic mass is 35.5. The van der Waals surface area contributed by atoms with E-state index in [0.717, 1.165) is 10.4 Å². The summed E-state index contributed by atoms with van der Waals surface area (Å²) >= 11 is 7.60. The number of hydrogen-bond donors (Lipinski definition) is 2. The number of ether oxygens (including phenoxy) is 3. The maximum Gasteiger partial charge on any atom is 0.352 e. The lowest BCUT2D eigenvalue weighted by Crippen LogP contribution is -2.27. The van der Waals surface area contributed by atoms with Crippen molar-refractivity contribution < 1.29 is 28.9 Å². The van der Waals surface area contributed by atoms with Gasteiger partial charge in [0, 0.05) is 25.9 Å². The van der Waals surface area contributed by atoms with Crippen molar-refractivity contribution in [3.8, 4) is 27.7 Å². The molecule has 0 fully saturated rings. The number of carboxylic acid groups (broad SMARTS) is 1. The fourth-order valence-corrected chi connectivity index (χ4v) is 4.22. The molecule has 1 amide bonds. The molecule has 0 unspecified atom stereocenters. The first-order chi connectivity index (χ1) is 15.4. The zero-order valence-corrected chi connectivity index (χ0v) is 19.0. The van der Waals surface area contributed by atoms with Crippen molar-refractivity contribution in [3.05, 3.63) is 69.7 Å². The Kier molecular flexibility index (Phi) is 7.40. The van der Waals surface area contributed by atoms with Crippen LogP contribution in [0.1, 0.15) is 15.2 Å². The van der Waals surface area contributed by atoms with Gasteiger partial charge in [0.1, 0.15) is 5.70 Å². The molecular weight excluding hydrogens is 454 g/mol. The van der Waals surface area contributed by atoms with Crippen LogP contribution in [0.5, 0.6) is 17.2 Å². The Bertz CT molecular complexity index is 1160. The average Bonchev–Trinajstić information content (AvgIpc) is 3.25. The van der Waals surface area contributed by atoms with Crippen molar-refractivity contribution >= 4 is 40.9 Å². The molecule has 0 spiro atoms. The summed E-state index contributed by atoms with van der Waals surface area (Å²) in [5.41, 5.74) is 0.711. The summed E-state index contributed by atoms with van der Waals surface area (Å²) in [7, 11) is 4.30. The van der Waals surface area contributed by atoms with Crippen LogP contribution in [0.4, 0.5) is 0 Å². The molecule has 0 bridgehead atoms. The first-order valence-electron chi connectivity index (χ1n) is 9.29. The van der Waals surface area contributed by atoms with Crippen LogP contribution in [0.3, 0.4) is 0 Å². The van der Waals surface area contributed by atoms with Gasteiger partial charge in [-0.2, -0.15) is 0 Å². The molecular formula is C23H20ClNO6S. The molecule has 0 radical (unpaired) electrons. The van der Waals surface area contributed by atoms with Gasteiger partial charge < -0.3 is 24.6 Å². The van der Waals surface area contributed by atoms with E-state index in [1.165, 1.54) is 50.9 Å². The van der Waals surface area contributed by atoms with E-state index in [9.17, 15) is 14.7 Å². The summed E-state index contributed by atoms with van der Waals surface area (Å²) in [6.45, 7) is 0. The quantitative estimate of drug-likeness (QED) is 0.449. The number of halogens is 1. The molecule has 1 aromatic heterocycles. The van der Waals surface area contributed by atoms with Gasteiger partial charge >= 0.3 is 5.97 Å². The third-order valence-corrected chi connectivity index (χ3v) is 5.85. The molecule has 3 rings (SSSR count). The Labute approximate surface area is 193 Å². The second-order valence-electron chi connectivity index (χ2n) is 6.41. The van der Waals surface area contributed by atoms with Crippen LogP contribution < -0.4 is 19.5 Å². The molecule has 32 heavy (non-hydrogen) atoms. The predicted octanol–water partition coefficient (Wildman–Crippen LogP) is 4.95. The average molecular weight is 474 g/mol. The Morgan fingerprint density at radius 3 is 2.22 bits per heavy atom. The topological polar surface area (TPSA) is 94.1 Å². The van der Waals surface area contributed by atoms with Crippen molar-refractivity contribution in [3.63, 3.8) is 0 Å². The first-order valence-corrected chi connectivity index (χ1v) is 10.5. The van der Waals surface area contributed by atoms with Gasteiger partial charge in [-0.15, -0.1) is 11.3 Å². The lowest BCUT2D eigenvalue weighted by molar-refractivity contribution is -0.132. The fraction of sp³-hybridized carbons (Fsp3) is 0.130. The lowest BCUT2D eigenvalue weighted by Gasteiger charge is -2.14. The fourth-order valence-electron chi connectivity index (χ4n) is 2.94. The third-order valence-electron chi connectivity index (χ3n) is 4.46. The summed E-state index contributed by atoms with van der Waals surface area (Å²) in [6, 6.07) is 13.9. The van der Waals surface area contributed by atoms with Gasteiger partial charge in [0.2, 0.25) is 5.75 Å². The smallest absolute Gasteiger partial charge is 0.352 e. The van der Waals surface area contributed by atoms with Crippen molar-refractivity contribution in [2.24, 2.45) is 0 Å². The number of thiophene rings is 1. The lowest BCUT2D eigenvalue weighted by atomic mass is 10.1. The molecule has 9 heteroatoms. The number of benzene rings is 2. The van der Waals surface area contributed by atoms with Crippen LogP contribution in [0.25, 0.3) is 16.5 Å². The number of amides is 1. The number of aliphatic carboxylic acids is 1. The molecule has 2 N–H and O–H groups in total. The molecule has 3 aromatic rings. The number of carboxylic acids is 1. The number of methoxy groups -OCH3 is 3. The molecule has 0 saturated carbocycles. The van der Waals surface area contributed by atoms with Crippen molar-refractivity contribution in [2.45, 2.75) is 0 Å². The van der Waals surface area contributed by atoms with E-state index in [0.29, 0.717) is 15.6 Å². The van der Waals surface area contributed by atoms with Crippen LogP contribution in [0.2, 0.25) is 5.02 Å². The van der Waals surface area contributed by atoms with Gasteiger partial charge in [-0.05, 0) is 36.4 Å². The zero-order valence-electron chi connectivity index (χ0n) is 17.5. The molecule has 0 atom stereocenters. The molecule has 0 aliphatic rings. The van der Waals surface area contributed by atoms with Crippen LogP contribution in [-0.4, -0.2) is 38.3 Å². The van der Waals surface area contributed by atoms with E-state index in [1.54, 1.807) is 12.1 Å². The van der Waals surface area contributed by atoms with Gasteiger partial charge in [0.25, 0.3) is 5.91 Å². The van der Waals surface area contributed by atoms with Gasteiger partial charge in [-0.3, -0.25) is 4.79 Å². The van der Waals surface area contributed by atoms with Crippen molar-refractivity contribution in [2.75, 3.05) is 21.3 Å². The van der Waals surface area contributed by atoms with E-state index in [1.807, 2.05) is 24.3 Å². The number of nitrogens with one attached hydrogen (secondary N) is 1. The Balaban J connectivity index is 1.89. The van der Waals surface area contributed by atoms with Gasteiger partial charge in [-0.1, -0.05) is 29.8 Å². The summed E-state index contributed by atoms with van der Waals surface area (Å²) < 4.78 is 15.7. The normalized spacial score (nSPS) is 11.1. The van der Waals surface area contributed by atoms with Crippen molar-refractivity contribution in [1.29, 1.82) is 0 Å². The highest BCUT2D eigenvalue weighted by Gasteiger charge is 2.19. The van der Waals surface area contributed by atoms with E-state index in [4.69, 9.17) is 25.8 Å². The second kappa shape index (κ2) is 10.2. The summed E-state index contributed by atoms with van der Waals surface area (Å²) in [6.07, 6.45) is 1.39. The van der Waals surface area contributed by atoms with Crippen LogP contribution >= 0.6 is 22.9 Å². The minimum absolute atomic E-state index is 0.148. The third kappa shape index (κ3) is 5.04. The van der Waals surface area contributed by atoms with E-state index >= 15 is 0 Å². The SMILES string of the molecule is COc1cc(C(=O)N/C(=C/c2ccc(-c3ccccc3Cl)s2)C(=O)O)cc(OC)c1OC. The van der Waals surface area contributed by atoms with E-state index in [2.05, 4.69) is 5.32 Å². The number of carbonyl (C=O) groups is 2. The Hall–Kier alpha value is -3.49. The summed E-state index contributed by atoms with van der Waals surface area (Å²) in [5.74, 6) is -1.04. The van der Waals surface area contributed by atoms with E-state index < -0.39 is 11.9 Å².